The minimum absolute atomic E-state index is 0.127. The van der Waals surface area contributed by atoms with Gasteiger partial charge in [-0.1, -0.05) is 6.92 Å². The van der Waals surface area contributed by atoms with Gasteiger partial charge in [0.25, 0.3) is 0 Å². The molecule has 0 aromatic rings. The Kier molecular flexibility index (Phi) is 2.58. The van der Waals surface area contributed by atoms with Gasteiger partial charge in [0.2, 0.25) is 0 Å². The predicted molar refractivity (Wildman–Crippen MR) is 43.3 cm³/mol. The summed E-state index contributed by atoms with van der Waals surface area (Å²) in [5, 5.41) is 0. The molecule has 0 fully saturated rings. The lowest BCUT2D eigenvalue weighted by Crippen LogP contribution is -2.38. The van der Waals surface area contributed by atoms with Crippen molar-refractivity contribution in [2.45, 2.75) is 26.1 Å². The lowest BCUT2D eigenvalue weighted by molar-refractivity contribution is -0.0234. The number of rotatable bonds is 1. The highest BCUT2D eigenvalue weighted by Crippen LogP contribution is 2.20. The zero-order valence-corrected chi connectivity index (χ0v) is 7.19. The van der Waals surface area contributed by atoms with Crippen molar-refractivity contribution in [1.29, 1.82) is 0 Å². The van der Waals surface area contributed by atoms with Crippen LogP contribution in [0.2, 0.25) is 0 Å². The topological polar surface area (TPSA) is 61.6 Å². The molecule has 3 atom stereocenters. The highest BCUT2D eigenvalue weighted by atomic mass is 16.6. The molecule has 2 N–H and O–H groups in total. The summed E-state index contributed by atoms with van der Waals surface area (Å²) in [6.07, 6.45) is 2.31. The maximum Gasteiger partial charge on any atom is 0.404 e. The molecule has 1 aliphatic rings. The molecule has 1 amide bonds. The van der Waals surface area contributed by atoms with Crippen LogP contribution in [-0.2, 0) is 9.47 Å². The second-order valence-electron chi connectivity index (χ2n) is 2.93. The van der Waals surface area contributed by atoms with Crippen molar-refractivity contribution in [3.8, 4) is 0 Å². The van der Waals surface area contributed by atoms with Crippen LogP contribution in [-0.4, -0.2) is 18.3 Å². The largest absolute Gasteiger partial charge is 0.495 e. The van der Waals surface area contributed by atoms with Crippen molar-refractivity contribution in [3.63, 3.8) is 0 Å². The Labute approximate surface area is 71.3 Å². The van der Waals surface area contributed by atoms with Crippen molar-refractivity contribution in [2.24, 2.45) is 11.7 Å². The summed E-state index contributed by atoms with van der Waals surface area (Å²) in [5.74, 6) is 0.154. The van der Waals surface area contributed by atoms with E-state index in [1.165, 1.54) is 0 Å². The summed E-state index contributed by atoms with van der Waals surface area (Å²) in [6.45, 7) is 3.79. The Morgan fingerprint density at radius 3 is 2.75 bits per heavy atom. The predicted octanol–water partition coefficient (Wildman–Crippen LogP) is 1.02. The van der Waals surface area contributed by atoms with Gasteiger partial charge in [-0.15, -0.1) is 0 Å². The molecule has 4 nitrogen and oxygen atoms in total. The van der Waals surface area contributed by atoms with E-state index in [-0.39, 0.29) is 18.1 Å². The molecule has 0 saturated heterocycles. The number of hydrogen-bond acceptors (Lipinski definition) is 3. The van der Waals surface area contributed by atoms with Gasteiger partial charge in [0, 0.05) is 5.92 Å². The molecule has 0 saturated carbocycles. The number of carbonyl (C=O) groups excluding carboxylic acids is 1. The highest BCUT2D eigenvalue weighted by molar-refractivity contribution is 5.64. The highest BCUT2D eigenvalue weighted by Gasteiger charge is 2.28. The second-order valence-corrected chi connectivity index (χ2v) is 2.93. The summed E-state index contributed by atoms with van der Waals surface area (Å²) >= 11 is 0. The molecule has 68 valence electrons. The summed E-state index contributed by atoms with van der Waals surface area (Å²) in [6, 6.07) is 0. The third-order valence-electron chi connectivity index (χ3n) is 1.91. The van der Waals surface area contributed by atoms with Crippen LogP contribution >= 0.6 is 0 Å². The van der Waals surface area contributed by atoms with E-state index in [0.29, 0.717) is 0 Å². The number of carbonyl (C=O) groups is 1. The minimum Gasteiger partial charge on any atom is -0.495 e. The van der Waals surface area contributed by atoms with Crippen LogP contribution in [0.1, 0.15) is 13.8 Å². The second kappa shape index (κ2) is 3.47. The summed E-state index contributed by atoms with van der Waals surface area (Å²) in [7, 11) is 0. The van der Waals surface area contributed by atoms with Gasteiger partial charge in [0.05, 0.1) is 6.26 Å². The molecule has 0 bridgehead atoms. The number of primary amides is 1. The van der Waals surface area contributed by atoms with Gasteiger partial charge in [-0.2, -0.15) is 0 Å². The van der Waals surface area contributed by atoms with E-state index >= 15 is 0 Å². The quantitative estimate of drug-likeness (QED) is 0.640. The maximum atomic E-state index is 10.5. The molecular formula is C8H13NO3. The third kappa shape index (κ3) is 1.90. The summed E-state index contributed by atoms with van der Waals surface area (Å²) in [4.78, 5) is 10.5. The fourth-order valence-corrected chi connectivity index (χ4v) is 1.24. The SMILES string of the molecule is C[C@@H]1C=CO[C@@H](C)[C@H]1OC(N)=O. The van der Waals surface area contributed by atoms with E-state index in [4.69, 9.17) is 15.2 Å². The Hall–Kier alpha value is -1.19. The lowest BCUT2D eigenvalue weighted by atomic mass is 9.99. The van der Waals surface area contributed by atoms with Crippen LogP contribution in [0, 0.1) is 5.92 Å². The zero-order chi connectivity index (χ0) is 9.14. The fourth-order valence-electron chi connectivity index (χ4n) is 1.24. The van der Waals surface area contributed by atoms with E-state index < -0.39 is 6.09 Å². The first-order valence-electron chi connectivity index (χ1n) is 3.89. The number of amides is 1. The lowest BCUT2D eigenvalue weighted by Gasteiger charge is -2.29. The summed E-state index contributed by atoms with van der Waals surface area (Å²) in [5.41, 5.74) is 4.91. The standard InChI is InChI=1S/C8H13NO3/c1-5-3-4-11-6(2)7(5)12-8(9)10/h3-7H,1-2H3,(H2,9,10)/t5-,6+,7+/m1/s1. The van der Waals surface area contributed by atoms with Crippen LogP contribution in [0.4, 0.5) is 4.79 Å². The van der Waals surface area contributed by atoms with Crippen LogP contribution in [0.3, 0.4) is 0 Å². The smallest absolute Gasteiger partial charge is 0.404 e. The van der Waals surface area contributed by atoms with Gasteiger partial charge in [-0.25, -0.2) is 4.79 Å². The van der Waals surface area contributed by atoms with E-state index in [9.17, 15) is 4.79 Å². The zero-order valence-electron chi connectivity index (χ0n) is 7.19. The van der Waals surface area contributed by atoms with Gasteiger partial charge in [0.1, 0.15) is 12.2 Å². The molecule has 0 aliphatic carbocycles. The summed E-state index contributed by atoms with van der Waals surface area (Å²) < 4.78 is 10.0. The van der Waals surface area contributed by atoms with Gasteiger partial charge in [0.15, 0.2) is 0 Å². The Morgan fingerprint density at radius 2 is 2.25 bits per heavy atom. The molecule has 1 aliphatic heterocycles. The van der Waals surface area contributed by atoms with Crippen molar-refractivity contribution in [3.05, 3.63) is 12.3 Å². The molecule has 0 aromatic heterocycles. The van der Waals surface area contributed by atoms with Crippen molar-refractivity contribution >= 4 is 6.09 Å². The first kappa shape index (κ1) is 8.90. The molecular weight excluding hydrogens is 158 g/mol. The van der Waals surface area contributed by atoms with Crippen molar-refractivity contribution < 1.29 is 14.3 Å². The van der Waals surface area contributed by atoms with E-state index in [2.05, 4.69) is 0 Å². The van der Waals surface area contributed by atoms with Crippen LogP contribution in [0.25, 0.3) is 0 Å². The molecule has 1 heterocycles. The average Bonchev–Trinajstić information content (AvgIpc) is 1.97. The van der Waals surface area contributed by atoms with E-state index in [1.807, 2.05) is 19.9 Å². The maximum absolute atomic E-state index is 10.5. The van der Waals surface area contributed by atoms with Gasteiger partial charge < -0.3 is 15.2 Å². The van der Waals surface area contributed by atoms with Gasteiger partial charge in [-0.05, 0) is 13.0 Å². The van der Waals surface area contributed by atoms with E-state index in [1.54, 1.807) is 6.26 Å². The molecule has 12 heavy (non-hydrogen) atoms. The Morgan fingerprint density at radius 1 is 1.58 bits per heavy atom. The minimum atomic E-state index is -0.752. The molecule has 0 radical (unpaired) electrons. The fraction of sp³-hybridized carbons (Fsp3) is 0.625. The average molecular weight is 171 g/mol. The number of hydrogen-bond donors (Lipinski definition) is 1. The first-order valence-corrected chi connectivity index (χ1v) is 3.89. The van der Waals surface area contributed by atoms with E-state index in [0.717, 1.165) is 0 Å². The van der Waals surface area contributed by atoms with Gasteiger partial charge in [-0.3, -0.25) is 0 Å². The molecule has 0 aromatic carbocycles. The van der Waals surface area contributed by atoms with Gasteiger partial charge >= 0.3 is 6.09 Å². The third-order valence-corrected chi connectivity index (χ3v) is 1.91. The van der Waals surface area contributed by atoms with Crippen LogP contribution in [0.5, 0.6) is 0 Å². The number of ether oxygens (including phenoxy) is 2. The van der Waals surface area contributed by atoms with Crippen LogP contribution < -0.4 is 5.73 Å². The number of nitrogens with two attached hydrogens (primary N) is 1. The Balaban J connectivity index is 2.60. The first-order chi connectivity index (χ1) is 5.61. The monoisotopic (exact) mass is 171 g/mol. The molecule has 1 rings (SSSR count). The Bertz CT molecular complexity index is 202. The molecule has 4 heteroatoms. The van der Waals surface area contributed by atoms with Crippen molar-refractivity contribution in [2.75, 3.05) is 0 Å². The normalized spacial score (nSPS) is 34.0. The van der Waals surface area contributed by atoms with Crippen molar-refractivity contribution in [1.82, 2.24) is 0 Å². The molecule has 0 unspecified atom stereocenters. The van der Waals surface area contributed by atoms with Crippen LogP contribution in [0.15, 0.2) is 12.3 Å². The molecule has 0 spiro atoms.